The van der Waals surface area contributed by atoms with Crippen molar-refractivity contribution in [2.24, 2.45) is 0 Å². The third-order valence-electron chi connectivity index (χ3n) is 3.82. The second-order valence-electron chi connectivity index (χ2n) is 5.07. The van der Waals surface area contributed by atoms with E-state index in [1.165, 1.54) is 32.1 Å². The monoisotopic (exact) mass is 257 g/mol. The van der Waals surface area contributed by atoms with Crippen LogP contribution in [0.25, 0.3) is 0 Å². The molecule has 2 heteroatoms. The van der Waals surface area contributed by atoms with Crippen molar-refractivity contribution in [2.75, 3.05) is 5.32 Å². The predicted molar refractivity (Wildman–Crippen MR) is 79.7 cm³/mol. The van der Waals surface area contributed by atoms with Gasteiger partial charge < -0.3 is 5.32 Å². The van der Waals surface area contributed by atoms with Crippen LogP contribution in [0.15, 0.2) is 24.3 Å². The Morgan fingerprint density at radius 3 is 2.83 bits per heavy atom. The molecule has 1 unspecified atom stereocenters. The number of benzene rings is 1. The zero-order chi connectivity index (χ0) is 12.7. The molecule has 0 saturated heterocycles. The highest BCUT2D eigenvalue weighted by Gasteiger charge is 2.25. The number of thiophene rings is 1. The number of anilines is 1. The fraction of sp³-hybridized carbons (Fsp3) is 0.375. The molecule has 2 heterocycles. The summed E-state index contributed by atoms with van der Waals surface area (Å²) in [5, 5.41) is 3.73. The van der Waals surface area contributed by atoms with Crippen molar-refractivity contribution >= 4 is 17.0 Å². The van der Waals surface area contributed by atoms with Crippen LogP contribution in [0.2, 0.25) is 0 Å². The van der Waals surface area contributed by atoms with Crippen LogP contribution >= 0.6 is 11.3 Å². The summed E-state index contributed by atoms with van der Waals surface area (Å²) in [5.74, 6) is 0. The number of aryl methyl sites for hydroxylation is 3. The molecule has 0 fully saturated rings. The second-order valence-corrected chi connectivity index (χ2v) is 6.53. The maximum absolute atomic E-state index is 3.73. The lowest BCUT2D eigenvalue weighted by atomic mass is 10.0. The highest BCUT2D eigenvalue weighted by atomic mass is 32.1. The molecule has 0 aliphatic carbocycles. The summed E-state index contributed by atoms with van der Waals surface area (Å²) in [6.45, 7) is 6.66. The van der Waals surface area contributed by atoms with E-state index >= 15 is 0 Å². The quantitative estimate of drug-likeness (QED) is 0.826. The van der Waals surface area contributed by atoms with Gasteiger partial charge in [-0.15, -0.1) is 11.3 Å². The second kappa shape index (κ2) is 4.43. The third kappa shape index (κ3) is 1.85. The van der Waals surface area contributed by atoms with Crippen molar-refractivity contribution in [1.29, 1.82) is 0 Å². The SMILES string of the molecule is CCc1cccc2c1NC(c1cc(C)sc1C)C2. The average molecular weight is 257 g/mol. The zero-order valence-corrected chi connectivity index (χ0v) is 12.0. The van der Waals surface area contributed by atoms with E-state index in [2.05, 4.69) is 50.4 Å². The van der Waals surface area contributed by atoms with Gasteiger partial charge in [0.1, 0.15) is 0 Å². The van der Waals surface area contributed by atoms with Crippen LogP contribution in [0.1, 0.15) is 39.4 Å². The minimum atomic E-state index is 0.470. The summed E-state index contributed by atoms with van der Waals surface area (Å²) in [4.78, 5) is 2.87. The topological polar surface area (TPSA) is 12.0 Å². The van der Waals surface area contributed by atoms with Gasteiger partial charge in [0.25, 0.3) is 0 Å². The molecule has 1 aromatic heterocycles. The van der Waals surface area contributed by atoms with E-state index in [1.807, 2.05) is 11.3 Å². The van der Waals surface area contributed by atoms with Gasteiger partial charge in [-0.3, -0.25) is 0 Å². The van der Waals surface area contributed by atoms with Gasteiger partial charge in [0.15, 0.2) is 0 Å². The molecule has 1 aliphatic heterocycles. The first kappa shape index (κ1) is 11.8. The minimum absolute atomic E-state index is 0.470. The first-order chi connectivity index (χ1) is 8.69. The van der Waals surface area contributed by atoms with Gasteiger partial charge in [-0.25, -0.2) is 0 Å². The Balaban J connectivity index is 1.95. The highest BCUT2D eigenvalue weighted by molar-refractivity contribution is 7.12. The van der Waals surface area contributed by atoms with Gasteiger partial charge in [0, 0.05) is 15.4 Å². The van der Waals surface area contributed by atoms with E-state index < -0.39 is 0 Å². The Kier molecular flexibility index (Phi) is 2.90. The molecule has 1 nitrogen and oxygen atoms in total. The maximum Gasteiger partial charge on any atom is 0.0566 e. The average Bonchev–Trinajstić information content (AvgIpc) is 2.91. The summed E-state index contributed by atoms with van der Waals surface area (Å²) >= 11 is 1.90. The number of nitrogens with one attached hydrogen (secondary N) is 1. The van der Waals surface area contributed by atoms with E-state index in [1.54, 1.807) is 0 Å². The van der Waals surface area contributed by atoms with Gasteiger partial charge in [0.05, 0.1) is 6.04 Å². The fourth-order valence-electron chi connectivity index (χ4n) is 2.93. The highest BCUT2D eigenvalue weighted by Crippen LogP contribution is 2.39. The van der Waals surface area contributed by atoms with Crippen molar-refractivity contribution in [3.8, 4) is 0 Å². The summed E-state index contributed by atoms with van der Waals surface area (Å²) in [5.41, 5.74) is 5.78. The van der Waals surface area contributed by atoms with Gasteiger partial charge in [-0.1, -0.05) is 25.1 Å². The Bertz CT molecular complexity index is 583. The molecule has 1 aliphatic rings. The van der Waals surface area contributed by atoms with E-state index in [0.717, 1.165) is 12.8 Å². The van der Waals surface area contributed by atoms with Crippen molar-refractivity contribution in [2.45, 2.75) is 39.7 Å². The smallest absolute Gasteiger partial charge is 0.0566 e. The van der Waals surface area contributed by atoms with Crippen LogP contribution in [-0.4, -0.2) is 0 Å². The van der Waals surface area contributed by atoms with E-state index in [9.17, 15) is 0 Å². The van der Waals surface area contributed by atoms with E-state index in [4.69, 9.17) is 0 Å². The van der Waals surface area contributed by atoms with Crippen LogP contribution in [-0.2, 0) is 12.8 Å². The molecule has 0 saturated carbocycles. The lowest BCUT2D eigenvalue weighted by molar-refractivity contribution is 0.821. The summed E-state index contributed by atoms with van der Waals surface area (Å²) in [6, 6.07) is 9.50. The number of rotatable bonds is 2. The fourth-order valence-corrected chi connectivity index (χ4v) is 3.92. The number of fused-ring (bicyclic) bond motifs is 1. The van der Waals surface area contributed by atoms with Crippen LogP contribution in [0, 0.1) is 13.8 Å². The Morgan fingerprint density at radius 2 is 2.17 bits per heavy atom. The van der Waals surface area contributed by atoms with E-state index in [-0.39, 0.29) is 0 Å². The number of hydrogen-bond donors (Lipinski definition) is 1. The van der Waals surface area contributed by atoms with Crippen LogP contribution in [0.4, 0.5) is 5.69 Å². The Hall–Kier alpha value is -1.28. The Labute approximate surface area is 113 Å². The van der Waals surface area contributed by atoms with Crippen molar-refractivity contribution in [3.63, 3.8) is 0 Å². The molecule has 0 spiro atoms. The molecule has 2 aromatic rings. The molecule has 0 bridgehead atoms. The van der Waals surface area contributed by atoms with Crippen molar-refractivity contribution in [3.05, 3.63) is 50.7 Å². The molecule has 18 heavy (non-hydrogen) atoms. The first-order valence-electron chi connectivity index (χ1n) is 6.63. The van der Waals surface area contributed by atoms with Gasteiger partial charge in [0.2, 0.25) is 0 Å². The molecular formula is C16H19NS. The first-order valence-corrected chi connectivity index (χ1v) is 7.45. The van der Waals surface area contributed by atoms with Crippen LogP contribution < -0.4 is 5.32 Å². The molecular weight excluding hydrogens is 238 g/mol. The Morgan fingerprint density at radius 1 is 1.33 bits per heavy atom. The predicted octanol–water partition coefficient (Wildman–Crippen LogP) is 4.64. The molecule has 0 amide bonds. The minimum Gasteiger partial charge on any atom is -0.377 e. The standard InChI is InChI=1S/C16H19NS/c1-4-12-6-5-7-13-9-15(17-16(12)13)14-8-10(2)18-11(14)3/h5-8,15,17H,4,9H2,1-3H3. The molecule has 1 atom stereocenters. The van der Waals surface area contributed by atoms with Crippen LogP contribution in [0.3, 0.4) is 0 Å². The van der Waals surface area contributed by atoms with Crippen LogP contribution in [0.5, 0.6) is 0 Å². The van der Waals surface area contributed by atoms with Gasteiger partial charge in [-0.2, -0.15) is 0 Å². The lowest BCUT2D eigenvalue weighted by Crippen LogP contribution is -2.06. The zero-order valence-electron chi connectivity index (χ0n) is 11.2. The number of hydrogen-bond acceptors (Lipinski definition) is 2. The molecule has 94 valence electrons. The lowest BCUT2D eigenvalue weighted by Gasteiger charge is -2.12. The van der Waals surface area contributed by atoms with E-state index in [0.29, 0.717) is 6.04 Å². The van der Waals surface area contributed by atoms with Crippen molar-refractivity contribution in [1.82, 2.24) is 0 Å². The van der Waals surface area contributed by atoms with Gasteiger partial charge >= 0.3 is 0 Å². The van der Waals surface area contributed by atoms with Crippen molar-refractivity contribution < 1.29 is 0 Å². The molecule has 1 N–H and O–H groups in total. The third-order valence-corrected chi connectivity index (χ3v) is 4.80. The number of para-hydroxylation sites is 1. The molecule has 0 radical (unpaired) electrons. The summed E-state index contributed by atoms with van der Waals surface area (Å²) < 4.78 is 0. The maximum atomic E-state index is 3.73. The molecule has 3 rings (SSSR count). The largest absolute Gasteiger partial charge is 0.377 e. The summed E-state index contributed by atoms with van der Waals surface area (Å²) in [6.07, 6.45) is 2.23. The normalized spacial score (nSPS) is 17.6. The molecule has 1 aromatic carbocycles. The van der Waals surface area contributed by atoms with Gasteiger partial charge in [-0.05, 0) is 49.4 Å². The summed E-state index contributed by atoms with van der Waals surface area (Å²) in [7, 11) is 0.